The van der Waals surface area contributed by atoms with Gasteiger partial charge in [0.05, 0.1) is 12.1 Å². The Morgan fingerprint density at radius 1 is 0.976 bits per heavy atom. The third-order valence-corrected chi connectivity index (χ3v) is 7.57. The van der Waals surface area contributed by atoms with Crippen LogP contribution < -0.4 is 15.4 Å². The standard InChI is InChI=1S/C29H30F2N4O5S/c1-2-19-5-3-6-20(11-19)17-32-18-27(36)26(14-21-12-23(30)16-24(31)13-21)33-29(37)22-7-4-8-25(15-22)35-41(38,39)28-9-10-40-34-28/h3-13,15-16,26-27,32,35-36H,2,14,17-18H2,1H3,(H,33,37)/t26-,27-/m0/s1. The van der Waals surface area contributed by atoms with E-state index in [1.54, 1.807) is 0 Å². The first-order valence-corrected chi connectivity index (χ1v) is 14.4. The first-order chi connectivity index (χ1) is 19.6. The van der Waals surface area contributed by atoms with Crippen LogP contribution in [0.1, 0.15) is 34.0 Å². The van der Waals surface area contributed by atoms with Crippen molar-refractivity contribution in [2.45, 2.75) is 43.5 Å². The number of nitrogens with zero attached hydrogens (tertiary/aromatic N) is 1. The molecular weight excluding hydrogens is 554 g/mol. The molecule has 0 spiro atoms. The Bertz CT molecular complexity index is 1560. The van der Waals surface area contributed by atoms with Crippen molar-refractivity contribution in [2.24, 2.45) is 0 Å². The van der Waals surface area contributed by atoms with Gasteiger partial charge in [0.2, 0.25) is 5.03 Å². The van der Waals surface area contributed by atoms with E-state index in [1.807, 2.05) is 18.2 Å². The van der Waals surface area contributed by atoms with E-state index in [-0.39, 0.29) is 34.8 Å². The number of sulfonamides is 1. The number of carbonyl (C=O) groups excluding carboxylic acids is 1. The van der Waals surface area contributed by atoms with Gasteiger partial charge in [0, 0.05) is 36.5 Å². The largest absolute Gasteiger partial charge is 0.390 e. The number of aryl methyl sites for hydroxylation is 1. The smallest absolute Gasteiger partial charge is 0.282 e. The number of aliphatic hydroxyl groups is 1. The Labute approximate surface area is 236 Å². The van der Waals surface area contributed by atoms with Crippen LogP contribution in [0.3, 0.4) is 0 Å². The summed E-state index contributed by atoms with van der Waals surface area (Å²) in [5.74, 6) is -2.18. The van der Waals surface area contributed by atoms with Crippen molar-refractivity contribution in [1.82, 2.24) is 15.8 Å². The summed E-state index contributed by atoms with van der Waals surface area (Å²) in [5.41, 5.74) is 2.64. The molecule has 1 aromatic heterocycles. The third-order valence-electron chi connectivity index (χ3n) is 6.31. The van der Waals surface area contributed by atoms with Crippen LogP contribution in [-0.4, -0.2) is 43.3 Å². The van der Waals surface area contributed by atoms with Crippen LogP contribution in [0.15, 0.2) is 88.6 Å². The minimum atomic E-state index is -4.04. The SMILES string of the molecule is CCc1cccc(CNC[C@H](O)[C@H](Cc2cc(F)cc(F)c2)NC(=O)c2cccc(NS(=O)(=O)c3ccon3)c2)c1. The van der Waals surface area contributed by atoms with Gasteiger partial charge in [0.1, 0.15) is 17.9 Å². The molecule has 0 unspecified atom stereocenters. The lowest BCUT2D eigenvalue weighted by Crippen LogP contribution is -2.48. The number of hydrogen-bond acceptors (Lipinski definition) is 7. The maximum atomic E-state index is 13.9. The highest BCUT2D eigenvalue weighted by Gasteiger charge is 2.24. The molecule has 0 bridgehead atoms. The lowest BCUT2D eigenvalue weighted by atomic mass is 10.00. The first kappa shape index (κ1) is 29.8. The van der Waals surface area contributed by atoms with Crippen LogP contribution in [0.2, 0.25) is 0 Å². The normalized spacial score (nSPS) is 13.0. The molecule has 3 aromatic carbocycles. The Hall–Kier alpha value is -4.13. The highest BCUT2D eigenvalue weighted by molar-refractivity contribution is 7.92. The molecule has 0 saturated heterocycles. The Balaban J connectivity index is 1.48. The summed E-state index contributed by atoms with van der Waals surface area (Å²) in [6.07, 6.45) is 0.810. The number of nitrogens with one attached hydrogen (secondary N) is 3. The minimum Gasteiger partial charge on any atom is -0.390 e. The lowest BCUT2D eigenvalue weighted by molar-refractivity contribution is 0.0830. The van der Waals surface area contributed by atoms with Crippen LogP contribution >= 0.6 is 0 Å². The maximum absolute atomic E-state index is 13.9. The number of halogens is 2. The molecule has 41 heavy (non-hydrogen) atoms. The number of hydrogen-bond donors (Lipinski definition) is 4. The van der Waals surface area contributed by atoms with Crippen LogP contribution in [0.5, 0.6) is 0 Å². The van der Waals surface area contributed by atoms with Gasteiger partial charge in [-0.25, -0.2) is 8.78 Å². The van der Waals surface area contributed by atoms with Gasteiger partial charge in [-0.2, -0.15) is 8.42 Å². The van der Waals surface area contributed by atoms with E-state index in [4.69, 9.17) is 0 Å². The van der Waals surface area contributed by atoms with Crippen molar-refractivity contribution in [3.63, 3.8) is 0 Å². The third kappa shape index (κ3) is 8.43. The van der Waals surface area contributed by atoms with Crippen LogP contribution in [0, 0.1) is 11.6 Å². The summed E-state index contributed by atoms with van der Waals surface area (Å²) >= 11 is 0. The second-order valence-electron chi connectivity index (χ2n) is 9.46. The van der Waals surface area contributed by atoms with Gasteiger partial charge in [0.25, 0.3) is 15.9 Å². The first-order valence-electron chi connectivity index (χ1n) is 12.9. The molecule has 216 valence electrons. The molecule has 0 saturated carbocycles. The van der Waals surface area contributed by atoms with Gasteiger partial charge in [0.15, 0.2) is 0 Å². The quantitative estimate of drug-likeness (QED) is 0.188. The fourth-order valence-electron chi connectivity index (χ4n) is 4.26. The van der Waals surface area contributed by atoms with Crippen molar-refractivity contribution in [3.8, 4) is 0 Å². The molecule has 0 aliphatic carbocycles. The molecule has 0 aliphatic rings. The number of carbonyl (C=O) groups is 1. The number of aliphatic hydroxyl groups excluding tert-OH is 1. The minimum absolute atomic E-state index is 0.0624. The summed E-state index contributed by atoms with van der Waals surface area (Å²) < 4.78 is 59.6. The zero-order valence-electron chi connectivity index (χ0n) is 22.2. The van der Waals surface area contributed by atoms with Crippen LogP contribution in [-0.2, 0) is 29.4 Å². The number of benzene rings is 3. The topological polar surface area (TPSA) is 134 Å². The second kappa shape index (κ2) is 13.5. The van der Waals surface area contributed by atoms with Crippen molar-refractivity contribution >= 4 is 21.6 Å². The van der Waals surface area contributed by atoms with E-state index in [2.05, 4.69) is 38.0 Å². The molecule has 9 nitrogen and oxygen atoms in total. The molecule has 1 amide bonds. The number of rotatable bonds is 13. The summed E-state index contributed by atoms with van der Waals surface area (Å²) in [6, 6.07) is 17.0. The predicted molar refractivity (Wildman–Crippen MR) is 149 cm³/mol. The Morgan fingerprint density at radius 3 is 2.41 bits per heavy atom. The summed E-state index contributed by atoms with van der Waals surface area (Å²) in [7, 11) is -4.04. The Kier molecular flexibility index (Phi) is 9.82. The van der Waals surface area contributed by atoms with E-state index in [9.17, 15) is 27.1 Å². The lowest BCUT2D eigenvalue weighted by Gasteiger charge is -2.25. The predicted octanol–water partition coefficient (Wildman–Crippen LogP) is 3.81. The number of anilines is 1. The summed E-state index contributed by atoms with van der Waals surface area (Å²) in [4.78, 5) is 13.2. The monoisotopic (exact) mass is 584 g/mol. The second-order valence-corrected chi connectivity index (χ2v) is 11.1. The van der Waals surface area contributed by atoms with Gasteiger partial charge >= 0.3 is 0 Å². The van der Waals surface area contributed by atoms with Gasteiger partial charge in [-0.05, 0) is 59.9 Å². The molecule has 4 rings (SSSR count). The molecule has 4 N–H and O–H groups in total. The van der Waals surface area contributed by atoms with E-state index in [0.717, 1.165) is 36.4 Å². The van der Waals surface area contributed by atoms with E-state index < -0.39 is 39.7 Å². The molecule has 4 aromatic rings. The van der Waals surface area contributed by atoms with E-state index in [0.29, 0.717) is 6.54 Å². The molecular formula is C29H30F2N4O5S. The van der Waals surface area contributed by atoms with Crippen molar-refractivity contribution in [2.75, 3.05) is 11.3 Å². The molecule has 0 fully saturated rings. The van der Waals surface area contributed by atoms with Crippen LogP contribution in [0.4, 0.5) is 14.5 Å². The summed E-state index contributed by atoms with van der Waals surface area (Å²) in [5, 5.41) is 20.0. The number of aromatic nitrogens is 1. The maximum Gasteiger partial charge on any atom is 0.282 e. The van der Waals surface area contributed by atoms with Crippen molar-refractivity contribution < 1.29 is 31.6 Å². The van der Waals surface area contributed by atoms with Gasteiger partial charge < -0.3 is 20.3 Å². The number of amides is 1. The highest BCUT2D eigenvalue weighted by atomic mass is 32.2. The van der Waals surface area contributed by atoms with E-state index >= 15 is 0 Å². The van der Waals surface area contributed by atoms with Crippen LogP contribution in [0.25, 0.3) is 0 Å². The zero-order valence-corrected chi connectivity index (χ0v) is 23.0. The molecule has 0 aliphatic heterocycles. The van der Waals surface area contributed by atoms with Crippen molar-refractivity contribution in [1.29, 1.82) is 0 Å². The average molecular weight is 585 g/mol. The van der Waals surface area contributed by atoms with E-state index in [1.165, 1.54) is 35.9 Å². The molecule has 12 heteroatoms. The Morgan fingerprint density at radius 2 is 1.71 bits per heavy atom. The summed E-state index contributed by atoms with van der Waals surface area (Å²) in [6.45, 7) is 2.60. The average Bonchev–Trinajstić information content (AvgIpc) is 3.49. The van der Waals surface area contributed by atoms with Crippen molar-refractivity contribution in [3.05, 3.63) is 113 Å². The van der Waals surface area contributed by atoms with Gasteiger partial charge in [-0.1, -0.05) is 42.4 Å². The molecule has 1 heterocycles. The zero-order chi connectivity index (χ0) is 29.4. The fourth-order valence-corrected chi connectivity index (χ4v) is 5.17. The van der Waals surface area contributed by atoms with Gasteiger partial charge in [-0.15, -0.1) is 0 Å². The molecule has 2 atom stereocenters. The van der Waals surface area contributed by atoms with Gasteiger partial charge in [-0.3, -0.25) is 9.52 Å². The molecule has 0 radical (unpaired) electrons. The highest BCUT2D eigenvalue weighted by Crippen LogP contribution is 2.17. The fraction of sp³-hybridized carbons (Fsp3) is 0.241.